The Morgan fingerprint density at radius 3 is 2.26 bits per heavy atom. The third-order valence-electron chi connectivity index (χ3n) is 4.06. The van der Waals surface area contributed by atoms with Crippen molar-refractivity contribution in [2.45, 2.75) is 25.4 Å². The number of carbonyl (C=O) groups excluding carboxylic acids is 3. The minimum atomic E-state index is -0.348. The van der Waals surface area contributed by atoms with Gasteiger partial charge in [-0.25, -0.2) is 4.79 Å². The molecule has 4 N–H and O–H groups in total. The van der Waals surface area contributed by atoms with Gasteiger partial charge in [0.25, 0.3) is 5.91 Å². The third kappa shape index (κ3) is 6.14. The van der Waals surface area contributed by atoms with Crippen molar-refractivity contribution in [3.05, 3.63) is 65.7 Å². The zero-order valence-corrected chi connectivity index (χ0v) is 14.8. The van der Waals surface area contributed by atoms with Crippen LogP contribution in [0.5, 0.6) is 0 Å². The lowest BCUT2D eigenvalue weighted by Crippen LogP contribution is -2.36. The van der Waals surface area contributed by atoms with Gasteiger partial charge in [-0.2, -0.15) is 0 Å². The van der Waals surface area contributed by atoms with E-state index < -0.39 is 0 Å². The summed E-state index contributed by atoms with van der Waals surface area (Å²) < 4.78 is 0. The number of rotatable bonds is 7. The fourth-order valence-electron chi connectivity index (χ4n) is 2.41. The number of benzene rings is 2. The Balaban J connectivity index is 1.40. The van der Waals surface area contributed by atoms with E-state index in [1.807, 2.05) is 30.3 Å². The van der Waals surface area contributed by atoms with E-state index in [-0.39, 0.29) is 30.4 Å². The van der Waals surface area contributed by atoms with E-state index in [9.17, 15) is 14.4 Å². The molecule has 0 saturated heterocycles. The molecule has 2 aromatic carbocycles. The first-order chi connectivity index (χ1) is 13.1. The molecule has 1 saturated carbocycles. The molecule has 0 spiro atoms. The number of hydrogen-bond donors (Lipinski definition) is 4. The van der Waals surface area contributed by atoms with Gasteiger partial charge in [-0.3, -0.25) is 9.59 Å². The summed E-state index contributed by atoms with van der Waals surface area (Å²) in [4.78, 5) is 35.6. The molecule has 27 heavy (non-hydrogen) atoms. The first kappa shape index (κ1) is 18.4. The van der Waals surface area contributed by atoms with Gasteiger partial charge < -0.3 is 21.3 Å². The summed E-state index contributed by atoms with van der Waals surface area (Å²) in [6.07, 6.45) is 2.04. The molecule has 0 aliphatic heterocycles. The molecule has 7 heteroatoms. The van der Waals surface area contributed by atoms with Crippen LogP contribution in [-0.2, 0) is 11.3 Å². The molecular weight excluding hydrogens is 344 g/mol. The van der Waals surface area contributed by atoms with Crippen LogP contribution in [0.3, 0.4) is 0 Å². The maximum atomic E-state index is 12.1. The minimum absolute atomic E-state index is 0.102. The van der Waals surface area contributed by atoms with Crippen molar-refractivity contribution >= 4 is 23.5 Å². The van der Waals surface area contributed by atoms with Crippen molar-refractivity contribution in [3.8, 4) is 0 Å². The van der Waals surface area contributed by atoms with Gasteiger partial charge in [-0.15, -0.1) is 0 Å². The van der Waals surface area contributed by atoms with Crippen molar-refractivity contribution < 1.29 is 14.4 Å². The number of urea groups is 1. The molecule has 7 nitrogen and oxygen atoms in total. The van der Waals surface area contributed by atoms with E-state index >= 15 is 0 Å². The predicted molar refractivity (Wildman–Crippen MR) is 102 cm³/mol. The van der Waals surface area contributed by atoms with E-state index in [0.29, 0.717) is 17.8 Å². The van der Waals surface area contributed by atoms with Crippen LogP contribution in [0.2, 0.25) is 0 Å². The first-order valence-corrected chi connectivity index (χ1v) is 8.86. The summed E-state index contributed by atoms with van der Waals surface area (Å²) in [6, 6.07) is 16.1. The van der Waals surface area contributed by atoms with Crippen molar-refractivity contribution in [1.29, 1.82) is 0 Å². The molecule has 0 unspecified atom stereocenters. The van der Waals surface area contributed by atoms with Gasteiger partial charge in [0.05, 0.1) is 6.54 Å². The highest BCUT2D eigenvalue weighted by Gasteiger charge is 2.23. The molecule has 140 valence electrons. The molecule has 0 radical (unpaired) electrons. The fraction of sp³-hybridized carbons (Fsp3) is 0.250. The number of anilines is 1. The zero-order valence-electron chi connectivity index (χ0n) is 14.8. The van der Waals surface area contributed by atoms with Gasteiger partial charge in [0.15, 0.2) is 0 Å². The molecule has 3 rings (SSSR count). The van der Waals surface area contributed by atoms with Crippen molar-refractivity contribution in [1.82, 2.24) is 16.0 Å². The molecule has 0 heterocycles. The first-order valence-electron chi connectivity index (χ1n) is 8.86. The lowest BCUT2D eigenvalue weighted by atomic mass is 10.2. The smallest absolute Gasteiger partial charge is 0.319 e. The van der Waals surface area contributed by atoms with Gasteiger partial charge in [-0.1, -0.05) is 30.3 Å². The van der Waals surface area contributed by atoms with Gasteiger partial charge >= 0.3 is 6.03 Å². The van der Waals surface area contributed by atoms with Crippen molar-refractivity contribution in [3.63, 3.8) is 0 Å². The maximum Gasteiger partial charge on any atom is 0.319 e. The van der Waals surface area contributed by atoms with Crippen molar-refractivity contribution in [2.24, 2.45) is 0 Å². The molecule has 2 aromatic rings. The van der Waals surface area contributed by atoms with Crippen LogP contribution in [0.15, 0.2) is 54.6 Å². The Kier molecular flexibility index (Phi) is 6.04. The summed E-state index contributed by atoms with van der Waals surface area (Å²) in [5.41, 5.74) is 2.01. The second-order valence-electron chi connectivity index (χ2n) is 6.40. The number of amides is 4. The Labute approximate surface area is 157 Å². The number of nitrogens with one attached hydrogen (secondary N) is 4. The summed E-state index contributed by atoms with van der Waals surface area (Å²) in [7, 11) is 0. The molecule has 4 amide bonds. The van der Waals surface area contributed by atoms with Gasteiger partial charge in [0, 0.05) is 23.8 Å². The van der Waals surface area contributed by atoms with Crippen LogP contribution < -0.4 is 21.3 Å². The van der Waals surface area contributed by atoms with Crippen molar-refractivity contribution in [2.75, 3.05) is 11.9 Å². The molecule has 0 atom stereocenters. The highest BCUT2D eigenvalue weighted by Crippen LogP contribution is 2.19. The quantitative estimate of drug-likeness (QED) is 0.603. The lowest BCUT2D eigenvalue weighted by Gasteiger charge is -2.09. The summed E-state index contributed by atoms with van der Waals surface area (Å²) in [5.74, 6) is -0.610. The molecule has 1 fully saturated rings. The average molecular weight is 366 g/mol. The van der Waals surface area contributed by atoms with Crippen LogP contribution in [0.1, 0.15) is 28.8 Å². The summed E-state index contributed by atoms with van der Waals surface area (Å²) in [6.45, 7) is 0.314. The van der Waals surface area contributed by atoms with Crippen LogP contribution in [0.25, 0.3) is 0 Å². The molecule has 0 aromatic heterocycles. The SMILES string of the molecule is O=C(CNC(=O)c1ccc(NC(=O)NC2CC2)cc1)NCc1ccccc1. The van der Waals surface area contributed by atoms with Crippen LogP contribution in [0.4, 0.5) is 10.5 Å². The zero-order chi connectivity index (χ0) is 19.1. The number of hydrogen-bond acceptors (Lipinski definition) is 3. The molecule has 0 bridgehead atoms. The van der Waals surface area contributed by atoms with E-state index in [0.717, 1.165) is 18.4 Å². The highest BCUT2D eigenvalue weighted by atomic mass is 16.2. The summed E-state index contributed by atoms with van der Waals surface area (Å²) >= 11 is 0. The lowest BCUT2D eigenvalue weighted by molar-refractivity contribution is -0.120. The Bertz CT molecular complexity index is 802. The summed E-state index contributed by atoms with van der Waals surface area (Å²) in [5, 5.41) is 10.9. The molecule has 1 aliphatic rings. The second kappa shape index (κ2) is 8.84. The maximum absolute atomic E-state index is 12.1. The van der Waals surface area contributed by atoms with Crippen LogP contribution >= 0.6 is 0 Å². The monoisotopic (exact) mass is 366 g/mol. The molecule has 1 aliphatic carbocycles. The molecular formula is C20H22N4O3. The largest absolute Gasteiger partial charge is 0.350 e. The average Bonchev–Trinajstić information content (AvgIpc) is 3.49. The van der Waals surface area contributed by atoms with E-state index in [4.69, 9.17) is 0 Å². The van der Waals surface area contributed by atoms with E-state index in [1.165, 1.54) is 0 Å². The Hall–Kier alpha value is -3.35. The normalized spacial score (nSPS) is 12.7. The predicted octanol–water partition coefficient (Wildman–Crippen LogP) is 2.02. The van der Waals surface area contributed by atoms with Gasteiger partial charge in [0.2, 0.25) is 5.91 Å². The van der Waals surface area contributed by atoms with Gasteiger partial charge in [-0.05, 0) is 42.7 Å². The highest BCUT2D eigenvalue weighted by molar-refractivity contribution is 5.97. The van der Waals surface area contributed by atoms with Gasteiger partial charge in [0.1, 0.15) is 0 Å². The van der Waals surface area contributed by atoms with E-state index in [2.05, 4.69) is 21.3 Å². The fourth-order valence-corrected chi connectivity index (χ4v) is 2.41. The second-order valence-corrected chi connectivity index (χ2v) is 6.40. The topological polar surface area (TPSA) is 99.3 Å². The standard InChI is InChI=1S/C20H22N4O3/c25-18(21-12-14-4-2-1-3-5-14)13-22-19(26)15-6-8-16(9-7-15)23-20(27)24-17-10-11-17/h1-9,17H,10-13H2,(H,21,25)(H,22,26)(H2,23,24,27). The minimum Gasteiger partial charge on any atom is -0.350 e. The number of carbonyl (C=O) groups is 3. The Morgan fingerprint density at radius 1 is 0.889 bits per heavy atom. The van der Waals surface area contributed by atoms with E-state index in [1.54, 1.807) is 24.3 Å². The third-order valence-corrected chi connectivity index (χ3v) is 4.06. The van der Waals surface area contributed by atoms with Crippen LogP contribution in [-0.4, -0.2) is 30.4 Å². The Morgan fingerprint density at radius 2 is 1.59 bits per heavy atom. The van der Waals surface area contributed by atoms with Crippen LogP contribution in [0, 0.1) is 0 Å².